The average Bonchev–Trinajstić information content (AvgIpc) is 2.89. The van der Waals surface area contributed by atoms with Crippen molar-refractivity contribution < 1.29 is 39.9 Å². The minimum atomic E-state index is -6.65. The highest BCUT2D eigenvalue weighted by Crippen LogP contribution is 2.46. The van der Waals surface area contributed by atoms with Gasteiger partial charge in [0.25, 0.3) is 0 Å². The number of hydrogen-bond acceptors (Lipinski definition) is 2. The molecule has 0 unspecified atom stereocenters. The Morgan fingerprint density at radius 2 is 1.79 bits per heavy atom. The molecule has 0 fully saturated rings. The molecule has 2 rings (SSSR count). The first-order chi connectivity index (χ1) is 12.7. The highest BCUT2D eigenvalue weighted by atomic mass is 35.5. The number of anilines is 1. The molecule has 1 aromatic heterocycles. The molecular formula is C15H10ClF8N3O. The van der Waals surface area contributed by atoms with Crippen molar-refractivity contribution in [2.24, 2.45) is 0 Å². The smallest absolute Gasteiger partial charge is 0.304 e. The van der Waals surface area contributed by atoms with Crippen LogP contribution in [-0.2, 0) is 11.3 Å². The van der Waals surface area contributed by atoms with E-state index >= 15 is 0 Å². The third-order valence-electron chi connectivity index (χ3n) is 3.63. The van der Waals surface area contributed by atoms with Crippen molar-refractivity contribution in [3.8, 4) is 0 Å². The Bertz CT molecular complexity index is 874. The normalized spacial score (nSPS) is 12.9. The second kappa shape index (κ2) is 7.22. The predicted molar refractivity (Wildman–Crippen MR) is 82.1 cm³/mol. The fraction of sp³-hybridized carbons (Fsp3) is 0.333. The monoisotopic (exact) mass is 435 g/mol. The molecular weight excluding hydrogens is 426 g/mol. The van der Waals surface area contributed by atoms with Gasteiger partial charge in [-0.3, -0.25) is 9.48 Å². The Balaban J connectivity index is 2.25. The van der Waals surface area contributed by atoms with Gasteiger partial charge >= 0.3 is 23.9 Å². The number of alkyl halides is 7. The molecule has 0 aliphatic heterocycles. The predicted octanol–water partition coefficient (Wildman–Crippen LogP) is 4.80. The molecule has 4 nitrogen and oxygen atoms in total. The first-order valence-corrected chi connectivity index (χ1v) is 7.67. The van der Waals surface area contributed by atoms with Crippen LogP contribution in [0.3, 0.4) is 0 Å². The van der Waals surface area contributed by atoms with Crippen LogP contribution in [0, 0.1) is 12.7 Å². The second-order valence-corrected chi connectivity index (χ2v) is 6.04. The summed E-state index contributed by atoms with van der Waals surface area (Å²) in [6, 6.07) is 4.70. The van der Waals surface area contributed by atoms with Gasteiger partial charge in [-0.2, -0.15) is 35.8 Å². The molecule has 1 N–H and O–H groups in total. The Labute approximate surface area is 157 Å². The summed E-state index contributed by atoms with van der Waals surface area (Å²) < 4.78 is 104. The zero-order valence-corrected chi connectivity index (χ0v) is 14.5. The van der Waals surface area contributed by atoms with Gasteiger partial charge in [0.2, 0.25) is 0 Å². The first kappa shape index (κ1) is 21.9. The molecule has 1 amide bonds. The van der Waals surface area contributed by atoms with Gasteiger partial charge in [-0.15, -0.1) is 0 Å². The SMILES string of the molecule is Cc1cc(NC(=O)C(F)(F)C(F)(F)C(F)(F)F)nn1Cc1c(F)cccc1Cl. The van der Waals surface area contributed by atoms with Gasteiger partial charge < -0.3 is 5.32 Å². The molecule has 0 saturated heterocycles. The van der Waals surface area contributed by atoms with Crippen molar-refractivity contribution in [1.82, 2.24) is 9.78 Å². The highest BCUT2D eigenvalue weighted by molar-refractivity contribution is 6.31. The molecule has 0 bridgehead atoms. The lowest BCUT2D eigenvalue weighted by Gasteiger charge is -2.26. The van der Waals surface area contributed by atoms with Crippen molar-refractivity contribution >= 4 is 23.3 Å². The molecule has 2 aromatic rings. The maximum absolute atomic E-state index is 13.8. The maximum atomic E-state index is 13.8. The van der Waals surface area contributed by atoms with E-state index in [0.717, 1.165) is 16.8 Å². The summed E-state index contributed by atoms with van der Waals surface area (Å²) in [5.74, 6) is -17.0. The zero-order valence-electron chi connectivity index (χ0n) is 13.7. The van der Waals surface area contributed by atoms with Crippen LogP contribution in [0.2, 0.25) is 5.02 Å². The van der Waals surface area contributed by atoms with E-state index in [0.29, 0.717) is 0 Å². The van der Waals surface area contributed by atoms with Crippen LogP contribution in [0.5, 0.6) is 0 Å². The van der Waals surface area contributed by atoms with Crippen LogP contribution in [0.4, 0.5) is 40.9 Å². The number of nitrogens with one attached hydrogen (secondary N) is 1. The Hall–Kier alpha value is -2.37. The van der Waals surface area contributed by atoms with Gasteiger partial charge in [-0.05, 0) is 19.1 Å². The molecule has 154 valence electrons. The minimum Gasteiger partial charge on any atom is -0.304 e. The molecule has 13 heteroatoms. The van der Waals surface area contributed by atoms with E-state index in [-0.39, 0.29) is 22.8 Å². The quantitative estimate of drug-likeness (QED) is 0.686. The van der Waals surface area contributed by atoms with Crippen molar-refractivity contribution in [2.45, 2.75) is 31.5 Å². The Kier molecular flexibility index (Phi) is 5.66. The number of rotatable bonds is 5. The molecule has 1 heterocycles. The van der Waals surface area contributed by atoms with E-state index < -0.39 is 35.6 Å². The average molecular weight is 436 g/mol. The van der Waals surface area contributed by atoms with E-state index in [1.165, 1.54) is 24.4 Å². The van der Waals surface area contributed by atoms with Crippen molar-refractivity contribution in [1.29, 1.82) is 0 Å². The van der Waals surface area contributed by atoms with E-state index in [2.05, 4.69) is 5.10 Å². The molecule has 28 heavy (non-hydrogen) atoms. The number of carbonyl (C=O) groups excluding carboxylic acids is 1. The van der Waals surface area contributed by atoms with Crippen LogP contribution in [0.15, 0.2) is 24.3 Å². The molecule has 0 atom stereocenters. The Morgan fingerprint density at radius 1 is 1.18 bits per heavy atom. The van der Waals surface area contributed by atoms with Gasteiger partial charge in [0.15, 0.2) is 5.82 Å². The number of aromatic nitrogens is 2. The van der Waals surface area contributed by atoms with Crippen LogP contribution >= 0.6 is 11.6 Å². The summed E-state index contributed by atoms with van der Waals surface area (Å²) in [5.41, 5.74) is 0.114. The maximum Gasteiger partial charge on any atom is 0.460 e. The lowest BCUT2D eigenvalue weighted by atomic mass is 10.1. The minimum absolute atomic E-state index is 0.0110. The largest absolute Gasteiger partial charge is 0.460 e. The van der Waals surface area contributed by atoms with E-state index in [1.807, 2.05) is 0 Å². The molecule has 0 saturated carbocycles. The lowest BCUT2D eigenvalue weighted by Crippen LogP contribution is -2.57. The highest BCUT2D eigenvalue weighted by Gasteiger charge is 2.76. The molecule has 0 aliphatic carbocycles. The summed E-state index contributed by atoms with van der Waals surface area (Å²) >= 11 is 5.84. The molecule has 1 aromatic carbocycles. The van der Waals surface area contributed by atoms with Gasteiger partial charge in [0.1, 0.15) is 5.82 Å². The molecule has 0 aliphatic rings. The number of nitrogens with zero attached hydrogens (tertiary/aromatic N) is 2. The number of benzene rings is 1. The number of aryl methyl sites for hydroxylation is 1. The lowest BCUT2D eigenvalue weighted by molar-refractivity contribution is -0.343. The molecule has 0 spiro atoms. The zero-order chi connectivity index (χ0) is 21.5. The number of halogens is 9. The third-order valence-corrected chi connectivity index (χ3v) is 3.98. The van der Waals surface area contributed by atoms with Crippen LogP contribution < -0.4 is 5.32 Å². The summed E-state index contributed by atoms with van der Waals surface area (Å²) in [6.45, 7) is 1.03. The standard InChI is InChI=1S/C15H10ClF8N3O/c1-7-5-11(25-12(28)13(18,19)14(20,21)15(22,23)24)26-27(7)6-8-9(16)3-2-4-10(8)17/h2-5H,6H2,1H3,(H,25,26,28). The van der Waals surface area contributed by atoms with E-state index in [1.54, 1.807) is 0 Å². The topological polar surface area (TPSA) is 46.9 Å². The van der Waals surface area contributed by atoms with Gasteiger partial charge in [-0.25, -0.2) is 4.39 Å². The fourth-order valence-corrected chi connectivity index (χ4v) is 2.30. The van der Waals surface area contributed by atoms with Gasteiger partial charge in [0, 0.05) is 22.3 Å². The summed E-state index contributed by atoms with van der Waals surface area (Å²) in [4.78, 5) is 11.3. The summed E-state index contributed by atoms with van der Waals surface area (Å²) in [5, 5.41) is 4.80. The first-order valence-electron chi connectivity index (χ1n) is 7.29. The second-order valence-electron chi connectivity index (χ2n) is 5.63. The number of carbonyl (C=O) groups is 1. The summed E-state index contributed by atoms with van der Waals surface area (Å²) in [7, 11) is 0. The number of hydrogen-bond donors (Lipinski definition) is 1. The van der Waals surface area contributed by atoms with Crippen molar-refractivity contribution in [3.05, 3.63) is 46.4 Å². The third kappa shape index (κ3) is 3.91. The Morgan fingerprint density at radius 3 is 2.32 bits per heavy atom. The van der Waals surface area contributed by atoms with Crippen LogP contribution in [0.1, 0.15) is 11.3 Å². The van der Waals surface area contributed by atoms with Crippen molar-refractivity contribution in [3.63, 3.8) is 0 Å². The van der Waals surface area contributed by atoms with E-state index in [4.69, 9.17) is 11.6 Å². The fourth-order valence-electron chi connectivity index (χ4n) is 2.08. The van der Waals surface area contributed by atoms with Crippen molar-refractivity contribution in [2.75, 3.05) is 5.32 Å². The van der Waals surface area contributed by atoms with Crippen LogP contribution in [0.25, 0.3) is 0 Å². The summed E-state index contributed by atoms with van der Waals surface area (Å²) in [6.07, 6.45) is -6.65. The molecule has 0 radical (unpaired) electrons. The van der Waals surface area contributed by atoms with Gasteiger partial charge in [0.05, 0.1) is 6.54 Å². The van der Waals surface area contributed by atoms with Gasteiger partial charge in [-0.1, -0.05) is 17.7 Å². The van der Waals surface area contributed by atoms with Crippen LogP contribution in [-0.4, -0.2) is 33.7 Å². The number of amides is 1. The van der Waals surface area contributed by atoms with E-state index in [9.17, 15) is 39.9 Å².